The van der Waals surface area contributed by atoms with Gasteiger partial charge in [0, 0.05) is 12.5 Å². The van der Waals surface area contributed by atoms with Crippen molar-refractivity contribution in [2.24, 2.45) is 0 Å². The number of rotatable bonds is 1. The van der Waals surface area contributed by atoms with Crippen molar-refractivity contribution in [2.45, 2.75) is 18.8 Å². The Hall–Kier alpha value is -1.35. The number of nitrogens with one attached hydrogen (secondary N) is 1. The third-order valence-corrected chi connectivity index (χ3v) is 3.42. The summed E-state index contributed by atoms with van der Waals surface area (Å²) >= 11 is 0. The normalized spacial score (nSPS) is 22.7. The maximum Gasteiger partial charge on any atom is 0.111 e. The molecule has 2 aromatic rings. The number of fused-ring (bicyclic) bond motifs is 1. The number of para-hydroxylation sites is 2. The van der Waals surface area contributed by atoms with Crippen LogP contribution < -0.4 is 0 Å². The Balaban J connectivity index is 1.93. The van der Waals surface area contributed by atoms with Gasteiger partial charge in [-0.2, -0.15) is 0 Å². The molecule has 3 nitrogen and oxygen atoms in total. The summed E-state index contributed by atoms with van der Waals surface area (Å²) in [6.45, 7) is 2.34. The fourth-order valence-corrected chi connectivity index (χ4v) is 2.56. The number of H-pyrrole nitrogens is 1. The van der Waals surface area contributed by atoms with Crippen molar-refractivity contribution in [2.75, 3.05) is 20.1 Å². The van der Waals surface area contributed by atoms with Crippen molar-refractivity contribution in [3.05, 3.63) is 30.1 Å². The average Bonchev–Trinajstić information content (AvgIpc) is 2.72. The molecule has 1 fully saturated rings. The van der Waals surface area contributed by atoms with Gasteiger partial charge >= 0.3 is 0 Å². The number of likely N-dealkylation sites (N-methyl/N-ethyl adjacent to an activating group) is 1. The van der Waals surface area contributed by atoms with E-state index in [0.29, 0.717) is 5.92 Å². The molecule has 1 N–H and O–H groups in total. The molecule has 0 saturated carbocycles. The van der Waals surface area contributed by atoms with E-state index in [4.69, 9.17) is 0 Å². The van der Waals surface area contributed by atoms with E-state index in [1.807, 2.05) is 6.07 Å². The third-order valence-electron chi connectivity index (χ3n) is 3.42. The second-order valence-corrected chi connectivity index (χ2v) is 4.74. The second kappa shape index (κ2) is 3.91. The van der Waals surface area contributed by atoms with E-state index in [1.54, 1.807) is 0 Å². The molecule has 16 heavy (non-hydrogen) atoms. The van der Waals surface area contributed by atoms with Gasteiger partial charge in [0.1, 0.15) is 5.82 Å². The number of benzene rings is 1. The Labute approximate surface area is 95.5 Å². The van der Waals surface area contributed by atoms with Crippen LogP contribution in [0, 0.1) is 0 Å². The number of imidazole rings is 1. The summed E-state index contributed by atoms with van der Waals surface area (Å²) in [6.07, 6.45) is 2.53. The van der Waals surface area contributed by atoms with Crippen molar-refractivity contribution in [3.8, 4) is 0 Å². The molecule has 1 aliphatic rings. The maximum atomic E-state index is 4.69. The summed E-state index contributed by atoms with van der Waals surface area (Å²) in [4.78, 5) is 10.5. The van der Waals surface area contributed by atoms with Gasteiger partial charge in [-0.25, -0.2) is 4.98 Å². The lowest BCUT2D eigenvalue weighted by molar-refractivity contribution is 0.246. The van der Waals surface area contributed by atoms with Crippen molar-refractivity contribution < 1.29 is 0 Å². The molecule has 0 amide bonds. The molecule has 1 aliphatic heterocycles. The van der Waals surface area contributed by atoms with Gasteiger partial charge in [0.25, 0.3) is 0 Å². The highest BCUT2D eigenvalue weighted by Crippen LogP contribution is 2.25. The zero-order valence-electron chi connectivity index (χ0n) is 9.61. The number of nitrogens with zero attached hydrogens (tertiary/aromatic N) is 2. The fourth-order valence-electron chi connectivity index (χ4n) is 2.56. The molecule has 1 aromatic heterocycles. The van der Waals surface area contributed by atoms with E-state index >= 15 is 0 Å². The molecule has 1 aromatic carbocycles. The Morgan fingerprint density at radius 3 is 3.06 bits per heavy atom. The lowest BCUT2D eigenvalue weighted by atomic mass is 9.98. The monoisotopic (exact) mass is 215 g/mol. The first-order valence-electron chi connectivity index (χ1n) is 5.96. The van der Waals surface area contributed by atoms with Crippen LogP contribution in [0.15, 0.2) is 24.3 Å². The third kappa shape index (κ3) is 1.71. The molecule has 2 heterocycles. The molecular weight excluding hydrogens is 198 g/mol. The van der Waals surface area contributed by atoms with Crippen molar-refractivity contribution in [1.82, 2.24) is 14.9 Å². The van der Waals surface area contributed by atoms with E-state index in [9.17, 15) is 0 Å². The lowest BCUT2D eigenvalue weighted by Crippen LogP contribution is -2.31. The minimum Gasteiger partial charge on any atom is -0.342 e. The summed E-state index contributed by atoms with van der Waals surface area (Å²) in [5, 5.41) is 0. The van der Waals surface area contributed by atoms with E-state index in [1.165, 1.54) is 19.4 Å². The Bertz CT molecular complexity index is 456. The quantitative estimate of drug-likeness (QED) is 0.792. The molecule has 0 aliphatic carbocycles. The number of likely N-dealkylation sites (tertiary alicyclic amines) is 1. The van der Waals surface area contributed by atoms with E-state index in [0.717, 1.165) is 23.4 Å². The van der Waals surface area contributed by atoms with Crippen molar-refractivity contribution in [1.29, 1.82) is 0 Å². The summed E-state index contributed by atoms with van der Waals surface area (Å²) in [6, 6.07) is 8.26. The number of hydrogen-bond donors (Lipinski definition) is 1. The van der Waals surface area contributed by atoms with E-state index in [2.05, 4.69) is 40.1 Å². The highest BCUT2D eigenvalue weighted by Gasteiger charge is 2.21. The number of aromatic nitrogens is 2. The van der Waals surface area contributed by atoms with Gasteiger partial charge in [0.15, 0.2) is 0 Å². The van der Waals surface area contributed by atoms with E-state index in [-0.39, 0.29) is 0 Å². The van der Waals surface area contributed by atoms with Crippen LogP contribution in [0.25, 0.3) is 11.0 Å². The number of hydrogen-bond acceptors (Lipinski definition) is 2. The molecule has 84 valence electrons. The Morgan fingerprint density at radius 2 is 2.25 bits per heavy atom. The van der Waals surface area contributed by atoms with Crippen LogP contribution in [0.5, 0.6) is 0 Å². The van der Waals surface area contributed by atoms with Crippen molar-refractivity contribution >= 4 is 11.0 Å². The molecule has 1 saturated heterocycles. The SMILES string of the molecule is CN1CCC[C@H](c2nc3ccccc3[nH]2)C1. The molecule has 1 atom stereocenters. The number of piperidine rings is 1. The van der Waals surface area contributed by atoms with Crippen LogP contribution in [-0.2, 0) is 0 Å². The molecule has 0 bridgehead atoms. The predicted octanol–water partition coefficient (Wildman–Crippen LogP) is 2.37. The molecule has 0 radical (unpaired) electrons. The summed E-state index contributed by atoms with van der Waals surface area (Å²) in [7, 11) is 2.19. The molecular formula is C13H17N3. The van der Waals surface area contributed by atoms with Crippen LogP contribution >= 0.6 is 0 Å². The minimum atomic E-state index is 0.575. The first kappa shape index (κ1) is 9.85. The number of aromatic amines is 1. The Kier molecular flexibility index (Phi) is 2.40. The van der Waals surface area contributed by atoms with Gasteiger partial charge in [0.05, 0.1) is 11.0 Å². The first-order valence-corrected chi connectivity index (χ1v) is 5.96. The summed E-state index contributed by atoms with van der Waals surface area (Å²) in [5.74, 6) is 1.74. The van der Waals surface area contributed by atoms with Crippen LogP contribution in [-0.4, -0.2) is 35.0 Å². The minimum absolute atomic E-state index is 0.575. The standard InChI is InChI=1S/C13H17N3/c1-16-8-4-5-10(9-16)13-14-11-6-2-3-7-12(11)15-13/h2-3,6-7,10H,4-5,8-9H2,1H3,(H,14,15)/t10-/m0/s1. The maximum absolute atomic E-state index is 4.69. The zero-order chi connectivity index (χ0) is 11.0. The first-order chi connectivity index (χ1) is 7.83. The average molecular weight is 215 g/mol. The van der Waals surface area contributed by atoms with Crippen LogP contribution in [0.1, 0.15) is 24.6 Å². The van der Waals surface area contributed by atoms with Gasteiger partial charge in [-0.1, -0.05) is 12.1 Å². The highest BCUT2D eigenvalue weighted by atomic mass is 15.1. The van der Waals surface area contributed by atoms with E-state index < -0.39 is 0 Å². The van der Waals surface area contributed by atoms with Crippen LogP contribution in [0.3, 0.4) is 0 Å². The summed E-state index contributed by atoms with van der Waals surface area (Å²) in [5.41, 5.74) is 2.25. The van der Waals surface area contributed by atoms with Crippen LogP contribution in [0.2, 0.25) is 0 Å². The Morgan fingerprint density at radius 1 is 1.38 bits per heavy atom. The largest absolute Gasteiger partial charge is 0.342 e. The predicted molar refractivity (Wildman–Crippen MR) is 65.6 cm³/mol. The van der Waals surface area contributed by atoms with Crippen molar-refractivity contribution in [3.63, 3.8) is 0 Å². The topological polar surface area (TPSA) is 31.9 Å². The highest BCUT2D eigenvalue weighted by molar-refractivity contribution is 5.74. The zero-order valence-corrected chi connectivity index (χ0v) is 9.61. The van der Waals surface area contributed by atoms with Gasteiger partial charge in [-0.15, -0.1) is 0 Å². The molecule has 0 unspecified atom stereocenters. The van der Waals surface area contributed by atoms with Crippen LogP contribution in [0.4, 0.5) is 0 Å². The smallest absolute Gasteiger partial charge is 0.111 e. The molecule has 3 heteroatoms. The molecule has 3 rings (SSSR count). The molecule has 0 spiro atoms. The van der Waals surface area contributed by atoms with Gasteiger partial charge in [-0.3, -0.25) is 0 Å². The van der Waals surface area contributed by atoms with Gasteiger partial charge in [0.2, 0.25) is 0 Å². The second-order valence-electron chi connectivity index (χ2n) is 4.74. The van der Waals surface area contributed by atoms with Gasteiger partial charge in [-0.05, 0) is 38.6 Å². The van der Waals surface area contributed by atoms with Gasteiger partial charge < -0.3 is 9.88 Å². The lowest BCUT2D eigenvalue weighted by Gasteiger charge is -2.28. The fraction of sp³-hybridized carbons (Fsp3) is 0.462. The summed E-state index contributed by atoms with van der Waals surface area (Å²) < 4.78 is 0.